The molecule has 4 heteroatoms. The summed E-state index contributed by atoms with van der Waals surface area (Å²) < 4.78 is 0. The van der Waals surface area contributed by atoms with Gasteiger partial charge in [-0.05, 0) is 20.8 Å². The van der Waals surface area contributed by atoms with Crippen molar-refractivity contribution >= 4 is 22.7 Å². The average molecular weight is 224 g/mol. The highest BCUT2D eigenvalue weighted by Crippen LogP contribution is 2.20. The lowest BCUT2D eigenvalue weighted by atomic mass is 10.3. The van der Waals surface area contributed by atoms with Gasteiger partial charge in [-0.3, -0.25) is 0 Å². The molecule has 0 fully saturated rings. The summed E-state index contributed by atoms with van der Waals surface area (Å²) in [7, 11) is 0. The lowest BCUT2D eigenvalue weighted by Crippen LogP contribution is -1.90. The third-order valence-electron chi connectivity index (χ3n) is 1.98. The van der Waals surface area contributed by atoms with Gasteiger partial charge in [0.2, 0.25) is 0 Å². The molecular weight excluding hydrogens is 212 g/mol. The summed E-state index contributed by atoms with van der Waals surface area (Å²) >= 11 is 3.48. The van der Waals surface area contributed by atoms with E-state index in [9.17, 15) is 0 Å². The maximum atomic E-state index is 4.50. The Morgan fingerprint density at radius 2 is 2.00 bits per heavy atom. The molecule has 14 heavy (non-hydrogen) atoms. The van der Waals surface area contributed by atoms with Crippen molar-refractivity contribution < 1.29 is 0 Å². The lowest BCUT2D eigenvalue weighted by Gasteiger charge is -1.93. The molecular formula is C10H12N2S2. The number of hydrogen-bond acceptors (Lipinski definition) is 4. The molecule has 2 nitrogen and oxygen atoms in total. The molecule has 2 heterocycles. The molecule has 0 N–H and O–H groups in total. The van der Waals surface area contributed by atoms with E-state index in [4.69, 9.17) is 0 Å². The molecule has 0 amide bonds. The van der Waals surface area contributed by atoms with Crippen LogP contribution in [-0.2, 0) is 6.42 Å². The summed E-state index contributed by atoms with van der Waals surface area (Å²) in [5.41, 5.74) is 2.29. The first-order valence-electron chi connectivity index (χ1n) is 4.49. The first kappa shape index (κ1) is 9.80. The molecule has 2 rings (SSSR count). The lowest BCUT2D eigenvalue weighted by molar-refractivity contribution is 1.03. The van der Waals surface area contributed by atoms with Crippen molar-refractivity contribution in [2.45, 2.75) is 27.2 Å². The molecule has 0 radical (unpaired) electrons. The highest BCUT2D eigenvalue weighted by atomic mass is 32.1. The van der Waals surface area contributed by atoms with Gasteiger partial charge in [-0.25, -0.2) is 9.97 Å². The average Bonchev–Trinajstić information content (AvgIpc) is 2.61. The van der Waals surface area contributed by atoms with Crippen LogP contribution in [-0.4, -0.2) is 9.97 Å². The number of hydrogen-bond donors (Lipinski definition) is 0. The zero-order chi connectivity index (χ0) is 10.1. The maximum Gasteiger partial charge on any atom is 0.0988 e. The smallest absolute Gasteiger partial charge is 0.0988 e. The van der Waals surface area contributed by atoms with Gasteiger partial charge < -0.3 is 0 Å². The van der Waals surface area contributed by atoms with Crippen LogP contribution in [0.2, 0.25) is 0 Å². The standard InChI is InChI=1S/C10H12N2S2/c1-6-5-13-10(11-6)4-9-7(2)14-8(3)12-9/h5H,4H2,1-3H3. The predicted molar refractivity (Wildman–Crippen MR) is 61.2 cm³/mol. The largest absolute Gasteiger partial charge is 0.246 e. The summed E-state index contributed by atoms with van der Waals surface area (Å²) in [6, 6.07) is 0. The Hall–Kier alpha value is -0.740. The monoisotopic (exact) mass is 224 g/mol. The van der Waals surface area contributed by atoms with Crippen LogP contribution in [0.25, 0.3) is 0 Å². The van der Waals surface area contributed by atoms with Gasteiger partial charge in [0.25, 0.3) is 0 Å². The molecule has 0 aliphatic heterocycles. The third-order valence-corrected chi connectivity index (χ3v) is 3.88. The van der Waals surface area contributed by atoms with Gasteiger partial charge in [-0.15, -0.1) is 22.7 Å². The molecule has 0 saturated heterocycles. The molecule has 0 saturated carbocycles. The molecule has 74 valence electrons. The second kappa shape index (κ2) is 3.79. The minimum Gasteiger partial charge on any atom is -0.246 e. The quantitative estimate of drug-likeness (QED) is 0.783. The Kier molecular flexibility index (Phi) is 2.65. The van der Waals surface area contributed by atoms with Gasteiger partial charge in [0.15, 0.2) is 0 Å². The van der Waals surface area contributed by atoms with E-state index in [2.05, 4.69) is 22.3 Å². The number of thiazole rings is 2. The summed E-state index contributed by atoms with van der Waals surface area (Å²) in [6.07, 6.45) is 0.884. The van der Waals surface area contributed by atoms with Gasteiger partial charge >= 0.3 is 0 Å². The molecule has 0 atom stereocenters. The second-order valence-electron chi connectivity index (χ2n) is 3.30. The van der Waals surface area contributed by atoms with Crippen LogP contribution in [0, 0.1) is 20.8 Å². The van der Waals surface area contributed by atoms with Crippen LogP contribution in [0.5, 0.6) is 0 Å². The summed E-state index contributed by atoms with van der Waals surface area (Å²) in [5.74, 6) is 0. The van der Waals surface area contributed by atoms with Crippen molar-refractivity contribution in [1.29, 1.82) is 0 Å². The van der Waals surface area contributed by atoms with Gasteiger partial charge in [0, 0.05) is 22.4 Å². The van der Waals surface area contributed by atoms with Crippen LogP contribution in [0.1, 0.15) is 26.3 Å². The Morgan fingerprint density at radius 3 is 2.50 bits per heavy atom. The highest BCUT2D eigenvalue weighted by Gasteiger charge is 2.07. The van der Waals surface area contributed by atoms with Gasteiger partial charge in [-0.1, -0.05) is 0 Å². The van der Waals surface area contributed by atoms with E-state index in [1.807, 2.05) is 13.8 Å². The normalized spacial score (nSPS) is 10.8. The predicted octanol–water partition coefficient (Wildman–Crippen LogP) is 3.12. The molecule has 0 spiro atoms. The zero-order valence-electron chi connectivity index (χ0n) is 8.50. The second-order valence-corrected chi connectivity index (χ2v) is 5.65. The van der Waals surface area contributed by atoms with Gasteiger partial charge in [0.1, 0.15) is 0 Å². The van der Waals surface area contributed by atoms with Crippen LogP contribution >= 0.6 is 22.7 Å². The van der Waals surface area contributed by atoms with Crippen molar-refractivity contribution in [2.75, 3.05) is 0 Å². The zero-order valence-corrected chi connectivity index (χ0v) is 10.1. The summed E-state index contributed by atoms with van der Waals surface area (Å²) in [6.45, 7) is 6.20. The fraction of sp³-hybridized carbons (Fsp3) is 0.400. The first-order chi connectivity index (χ1) is 6.65. The minimum absolute atomic E-state index is 0.884. The number of rotatable bonds is 2. The van der Waals surface area contributed by atoms with Crippen LogP contribution < -0.4 is 0 Å². The van der Waals surface area contributed by atoms with Crippen LogP contribution in [0.3, 0.4) is 0 Å². The topological polar surface area (TPSA) is 25.8 Å². The van der Waals surface area contributed by atoms with Crippen molar-refractivity contribution in [3.05, 3.63) is 31.7 Å². The van der Waals surface area contributed by atoms with Gasteiger partial charge in [-0.2, -0.15) is 0 Å². The van der Waals surface area contributed by atoms with E-state index in [-0.39, 0.29) is 0 Å². The van der Waals surface area contributed by atoms with Crippen LogP contribution in [0.4, 0.5) is 0 Å². The van der Waals surface area contributed by atoms with E-state index in [0.29, 0.717) is 0 Å². The molecule has 0 aliphatic rings. The van der Waals surface area contributed by atoms with Crippen LogP contribution in [0.15, 0.2) is 5.38 Å². The number of nitrogens with zero attached hydrogens (tertiary/aromatic N) is 2. The van der Waals surface area contributed by atoms with E-state index >= 15 is 0 Å². The molecule has 2 aromatic heterocycles. The molecule has 0 bridgehead atoms. The van der Waals surface area contributed by atoms with Crippen molar-refractivity contribution in [1.82, 2.24) is 9.97 Å². The summed E-state index contributed by atoms with van der Waals surface area (Å²) in [5, 5.41) is 4.39. The molecule has 0 unspecified atom stereocenters. The van der Waals surface area contributed by atoms with Crippen molar-refractivity contribution in [2.24, 2.45) is 0 Å². The Bertz CT molecular complexity index is 443. The van der Waals surface area contributed by atoms with E-state index in [1.165, 1.54) is 10.6 Å². The van der Waals surface area contributed by atoms with E-state index in [1.54, 1.807) is 22.7 Å². The maximum absolute atomic E-state index is 4.50. The molecule has 0 aromatic carbocycles. The Balaban J connectivity index is 2.22. The first-order valence-corrected chi connectivity index (χ1v) is 6.18. The molecule has 2 aromatic rings. The minimum atomic E-state index is 0.884. The van der Waals surface area contributed by atoms with E-state index in [0.717, 1.165) is 22.1 Å². The van der Waals surface area contributed by atoms with Crippen molar-refractivity contribution in [3.63, 3.8) is 0 Å². The Morgan fingerprint density at radius 1 is 1.21 bits per heavy atom. The fourth-order valence-electron chi connectivity index (χ4n) is 1.36. The summed E-state index contributed by atoms with van der Waals surface area (Å²) in [4.78, 5) is 10.3. The third kappa shape index (κ3) is 2.01. The fourth-order valence-corrected chi connectivity index (χ4v) is 2.97. The highest BCUT2D eigenvalue weighted by molar-refractivity contribution is 7.11. The number of aryl methyl sites for hydroxylation is 3. The van der Waals surface area contributed by atoms with Gasteiger partial charge in [0.05, 0.1) is 15.7 Å². The number of aromatic nitrogens is 2. The Labute approximate surface area is 91.7 Å². The van der Waals surface area contributed by atoms with E-state index < -0.39 is 0 Å². The molecule has 0 aliphatic carbocycles. The SMILES string of the molecule is Cc1csc(Cc2nc(C)sc2C)n1. The van der Waals surface area contributed by atoms with Crippen molar-refractivity contribution in [3.8, 4) is 0 Å².